The third-order valence-electron chi connectivity index (χ3n) is 3.27. The summed E-state index contributed by atoms with van der Waals surface area (Å²) in [6.45, 7) is 0.369. The zero-order chi connectivity index (χ0) is 14.8. The lowest BCUT2D eigenvalue weighted by molar-refractivity contribution is -0.396. The highest BCUT2D eigenvalue weighted by atomic mass is 16.6. The van der Waals surface area contributed by atoms with Crippen molar-refractivity contribution >= 4 is 17.0 Å². The lowest BCUT2D eigenvalue weighted by Gasteiger charge is -2.05. The van der Waals surface area contributed by atoms with E-state index in [1.165, 1.54) is 0 Å². The Hall–Kier alpha value is -2.89. The smallest absolute Gasteiger partial charge is 0.435 e. The molecule has 1 aromatic heterocycles. The maximum absolute atomic E-state index is 11.2. The van der Waals surface area contributed by atoms with Gasteiger partial charge < -0.3 is 14.9 Å². The van der Waals surface area contributed by atoms with Crippen LogP contribution in [0.15, 0.2) is 48.5 Å². The number of ether oxygens (including phenoxy) is 1. The van der Waals surface area contributed by atoms with E-state index >= 15 is 0 Å². The van der Waals surface area contributed by atoms with Crippen LogP contribution >= 0.6 is 0 Å². The molecule has 3 rings (SSSR count). The Morgan fingerprint density at radius 3 is 2.81 bits per heavy atom. The molecule has 0 bridgehead atoms. The van der Waals surface area contributed by atoms with Gasteiger partial charge in [-0.15, -0.1) is 0 Å². The molecule has 0 radical (unpaired) electrons. The second-order valence-corrected chi connectivity index (χ2v) is 4.60. The van der Waals surface area contributed by atoms with Gasteiger partial charge in [-0.1, -0.05) is 29.2 Å². The first-order chi connectivity index (χ1) is 10.2. The minimum atomic E-state index is -0.458. The van der Waals surface area contributed by atoms with Crippen LogP contribution in [0, 0.1) is 10.1 Å². The summed E-state index contributed by atoms with van der Waals surface area (Å²) in [7, 11) is 1.59. The van der Waals surface area contributed by atoms with Crippen LogP contribution in [0.4, 0.5) is 5.95 Å². The molecule has 0 N–H and O–H groups in total. The van der Waals surface area contributed by atoms with E-state index in [0.717, 1.165) is 16.8 Å². The van der Waals surface area contributed by atoms with Gasteiger partial charge in [-0.2, -0.15) is 0 Å². The summed E-state index contributed by atoms with van der Waals surface area (Å²) in [6, 6.07) is 14.7. The summed E-state index contributed by atoms with van der Waals surface area (Å²) in [5, 5.41) is 11.2. The van der Waals surface area contributed by atoms with E-state index in [-0.39, 0.29) is 5.95 Å². The van der Waals surface area contributed by atoms with Crippen LogP contribution in [0.25, 0.3) is 11.0 Å². The van der Waals surface area contributed by atoms with Gasteiger partial charge in [0.2, 0.25) is 0 Å². The number of nitro groups is 1. The van der Waals surface area contributed by atoms with Crippen molar-refractivity contribution in [2.45, 2.75) is 6.54 Å². The van der Waals surface area contributed by atoms with Crippen LogP contribution in [-0.2, 0) is 6.54 Å². The second kappa shape index (κ2) is 5.24. The highest BCUT2D eigenvalue weighted by Gasteiger charge is 2.21. The topological polar surface area (TPSA) is 70.2 Å². The first-order valence-electron chi connectivity index (χ1n) is 6.41. The summed E-state index contributed by atoms with van der Waals surface area (Å²) >= 11 is 0. The molecular weight excluding hydrogens is 270 g/mol. The van der Waals surface area contributed by atoms with Crippen LogP contribution in [-0.4, -0.2) is 21.6 Å². The van der Waals surface area contributed by atoms with E-state index in [0.29, 0.717) is 12.1 Å². The highest BCUT2D eigenvalue weighted by molar-refractivity contribution is 5.77. The minimum Gasteiger partial charge on any atom is -0.497 e. The van der Waals surface area contributed by atoms with Crippen molar-refractivity contribution in [3.8, 4) is 5.75 Å². The zero-order valence-electron chi connectivity index (χ0n) is 11.4. The van der Waals surface area contributed by atoms with E-state index in [4.69, 9.17) is 4.74 Å². The van der Waals surface area contributed by atoms with Crippen LogP contribution in [0.3, 0.4) is 0 Å². The number of hydrogen-bond donors (Lipinski definition) is 0. The quantitative estimate of drug-likeness (QED) is 0.545. The molecule has 0 fully saturated rings. The molecular formula is C15H13N3O3. The average Bonchev–Trinajstić information content (AvgIpc) is 2.87. The van der Waals surface area contributed by atoms with Crippen molar-refractivity contribution in [1.82, 2.24) is 9.55 Å². The van der Waals surface area contributed by atoms with Crippen molar-refractivity contribution in [3.63, 3.8) is 0 Å². The van der Waals surface area contributed by atoms with Crippen LogP contribution in [0.5, 0.6) is 5.75 Å². The summed E-state index contributed by atoms with van der Waals surface area (Å²) in [6.07, 6.45) is 0. The Morgan fingerprint density at radius 2 is 2.05 bits per heavy atom. The Morgan fingerprint density at radius 1 is 1.24 bits per heavy atom. The zero-order valence-corrected chi connectivity index (χ0v) is 11.4. The Bertz CT molecular complexity index is 811. The lowest BCUT2D eigenvalue weighted by Crippen LogP contribution is -2.05. The molecule has 3 aromatic rings. The van der Waals surface area contributed by atoms with Gasteiger partial charge in [0.05, 0.1) is 13.7 Å². The molecule has 0 saturated heterocycles. The maximum Gasteiger partial charge on any atom is 0.435 e. The molecule has 0 amide bonds. The molecule has 0 atom stereocenters. The molecule has 0 aliphatic rings. The van der Waals surface area contributed by atoms with Crippen molar-refractivity contribution in [2.75, 3.05) is 7.11 Å². The summed E-state index contributed by atoms with van der Waals surface area (Å²) in [5.41, 5.74) is 2.28. The van der Waals surface area contributed by atoms with Crippen molar-refractivity contribution in [1.29, 1.82) is 0 Å². The number of rotatable bonds is 4. The largest absolute Gasteiger partial charge is 0.497 e. The molecule has 6 heteroatoms. The van der Waals surface area contributed by atoms with Crippen LogP contribution < -0.4 is 4.74 Å². The lowest BCUT2D eigenvalue weighted by atomic mass is 10.2. The third kappa shape index (κ3) is 2.43. The van der Waals surface area contributed by atoms with E-state index in [9.17, 15) is 10.1 Å². The molecule has 0 aliphatic carbocycles. The van der Waals surface area contributed by atoms with E-state index < -0.39 is 4.92 Å². The van der Waals surface area contributed by atoms with E-state index in [1.54, 1.807) is 17.7 Å². The van der Waals surface area contributed by atoms with Crippen molar-refractivity contribution < 1.29 is 9.66 Å². The molecule has 0 saturated carbocycles. The van der Waals surface area contributed by atoms with Gasteiger partial charge in [0.1, 0.15) is 11.3 Å². The monoisotopic (exact) mass is 283 g/mol. The second-order valence-electron chi connectivity index (χ2n) is 4.60. The number of methoxy groups -OCH3 is 1. The average molecular weight is 283 g/mol. The number of fused-ring (bicyclic) bond motifs is 1. The maximum atomic E-state index is 11.2. The van der Waals surface area contributed by atoms with Gasteiger partial charge in [-0.05, 0) is 34.8 Å². The predicted molar refractivity (Wildman–Crippen MR) is 78.5 cm³/mol. The molecule has 0 aliphatic heterocycles. The van der Waals surface area contributed by atoms with Gasteiger partial charge in [-0.25, -0.2) is 4.57 Å². The molecule has 0 spiro atoms. The standard InChI is InChI=1S/C15H13N3O3/c1-21-12-6-4-5-11(9-12)10-17-14-8-3-2-7-13(14)16-15(17)18(19)20/h2-9H,10H2,1H3. The summed E-state index contributed by atoms with van der Waals surface area (Å²) in [4.78, 5) is 14.8. The Balaban J connectivity index is 2.10. The molecule has 106 valence electrons. The highest BCUT2D eigenvalue weighted by Crippen LogP contribution is 2.23. The fourth-order valence-electron chi connectivity index (χ4n) is 2.31. The number of nitrogens with zero attached hydrogens (tertiary/aromatic N) is 3. The SMILES string of the molecule is COc1cccc(Cn2c([N+](=O)[O-])nc3ccccc32)c1. The van der Waals surface area contributed by atoms with E-state index in [2.05, 4.69) is 4.98 Å². The summed E-state index contributed by atoms with van der Waals surface area (Å²) in [5.74, 6) is 0.568. The normalized spacial score (nSPS) is 10.7. The third-order valence-corrected chi connectivity index (χ3v) is 3.27. The van der Waals surface area contributed by atoms with Gasteiger partial charge >= 0.3 is 5.95 Å². The van der Waals surface area contributed by atoms with Gasteiger partial charge in [0.15, 0.2) is 5.52 Å². The van der Waals surface area contributed by atoms with Gasteiger partial charge in [0.25, 0.3) is 0 Å². The van der Waals surface area contributed by atoms with Crippen LogP contribution in [0.2, 0.25) is 0 Å². The number of hydrogen-bond acceptors (Lipinski definition) is 4. The fourth-order valence-corrected chi connectivity index (χ4v) is 2.31. The first kappa shape index (κ1) is 13.1. The molecule has 1 heterocycles. The molecule has 6 nitrogen and oxygen atoms in total. The molecule has 2 aromatic carbocycles. The number of benzene rings is 2. The van der Waals surface area contributed by atoms with Gasteiger partial charge in [0, 0.05) is 0 Å². The minimum absolute atomic E-state index is 0.154. The molecule has 21 heavy (non-hydrogen) atoms. The van der Waals surface area contributed by atoms with Crippen molar-refractivity contribution in [2.24, 2.45) is 0 Å². The molecule has 0 unspecified atom stereocenters. The van der Waals surface area contributed by atoms with Crippen molar-refractivity contribution in [3.05, 3.63) is 64.2 Å². The van der Waals surface area contributed by atoms with Gasteiger partial charge in [-0.3, -0.25) is 0 Å². The Kier molecular flexibility index (Phi) is 3.27. The fraction of sp³-hybridized carbons (Fsp3) is 0.133. The van der Waals surface area contributed by atoms with Crippen LogP contribution in [0.1, 0.15) is 5.56 Å². The first-order valence-corrected chi connectivity index (χ1v) is 6.41. The number of imidazole rings is 1. The predicted octanol–water partition coefficient (Wildman–Crippen LogP) is 3.00. The van der Waals surface area contributed by atoms with E-state index in [1.807, 2.05) is 42.5 Å². The Labute approximate surface area is 120 Å². The summed E-state index contributed by atoms with van der Waals surface area (Å²) < 4.78 is 6.78. The number of para-hydroxylation sites is 2. The number of aromatic nitrogens is 2.